The summed E-state index contributed by atoms with van der Waals surface area (Å²) in [6.45, 7) is 8.69. The largest absolute Gasteiger partial charge is 0.456 e. The summed E-state index contributed by atoms with van der Waals surface area (Å²) in [6, 6.07) is 35.6. The quantitative estimate of drug-likeness (QED) is 0.233. The Morgan fingerprint density at radius 3 is 0.947 bits per heavy atom. The standard InChI is InChI=1S/C34H28O2P2/c1-21-9-13-25-31(17-21)37(32-18-22(2)10-14-26(32)35-25)29-7-5-6-8-30(29)38-33-19-23(3)11-15-27(33)36-28-16-12-24(4)20-34(28)38/h5-20H,1-4H3. The fraction of sp³-hybridized carbons (Fsp3) is 0.118. The minimum absolute atomic E-state index is 0.820. The second-order valence-corrected chi connectivity index (χ2v) is 14.5. The summed E-state index contributed by atoms with van der Waals surface area (Å²) in [5.41, 5.74) is 5.03. The Hall–Kier alpha value is -3.44. The first-order valence-electron chi connectivity index (χ1n) is 12.9. The minimum atomic E-state index is -0.820. The molecule has 5 aromatic rings. The van der Waals surface area contributed by atoms with Gasteiger partial charge in [0.1, 0.15) is 23.0 Å². The van der Waals surface area contributed by atoms with Gasteiger partial charge in [-0.25, -0.2) is 0 Å². The number of benzene rings is 5. The monoisotopic (exact) mass is 530 g/mol. The second-order valence-electron chi connectivity index (χ2n) is 10.2. The molecule has 2 aliphatic heterocycles. The van der Waals surface area contributed by atoms with Gasteiger partial charge in [0.05, 0.1) is 0 Å². The van der Waals surface area contributed by atoms with Gasteiger partial charge in [0.2, 0.25) is 0 Å². The van der Waals surface area contributed by atoms with E-state index in [2.05, 4.69) is 125 Å². The van der Waals surface area contributed by atoms with Crippen LogP contribution in [-0.2, 0) is 0 Å². The Morgan fingerprint density at radius 1 is 0.368 bits per heavy atom. The number of ether oxygens (including phenoxy) is 2. The van der Waals surface area contributed by atoms with E-state index < -0.39 is 15.8 Å². The third-order valence-corrected chi connectivity index (χ3v) is 12.5. The highest BCUT2D eigenvalue weighted by molar-refractivity contribution is 7.86. The Labute approximate surface area is 226 Å². The topological polar surface area (TPSA) is 18.5 Å². The summed E-state index contributed by atoms with van der Waals surface area (Å²) in [4.78, 5) is 0. The summed E-state index contributed by atoms with van der Waals surface area (Å²) in [7, 11) is -1.64. The van der Waals surface area contributed by atoms with Gasteiger partial charge in [0.15, 0.2) is 0 Å². The molecule has 0 fully saturated rings. The van der Waals surface area contributed by atoms with E-state index in [9.17, 15) is 0 Å². The lowest BCUT2D eigenvalue weighted by molar-refractivity contribution is 0.488. The van der Waals surface area contributed by atoms with Gasteiger partial charge in [-0.3, -0.25) is 0 Å². The molecule has 0 aromatic heterocycles. The van der Waals surface area contributed by atoms with Crippen LogP contribution in [0.15, 0.2) is 97.1 Å². The Balaban J connectivity index is 1.52. The molecule has 0 unspecified atom stereocenters. The van der Waals surface area contributed by atoms with Crippen LogP contribution in [0.3, 0.4) is 0 Å². The van der Waals surface area contributed by atoms with Gasteiger partial charge in [-0.05, 0) is 103 Å². The Kier molecular flexibility index (Phi) is 5.66. The predicted molar refractivity (Wildman–Crippen MR) is 163 cm³/mol. The van der Waals surface area contributed by atoms with Crippen molar-refractivity contribution in [3.63, 3.8) is 0 Å². The lowest BCUT2D eigenvalue weighted by Crippen LogP contribution is -2.38. The third kappa shape index (κ3) is 3.87. The summed E-state index contributed by atoms with van der Waals surface area (Å²) >= 11 is 0. The summed E-state index contributed by atoms with van der Waals surface area (Å²) < 4.78 is 12.9. The van der Waals surface area contributed by atoms with Crippen molar-refractivity contribution in [2.75, 3.05) is 0 Å². The number of aryl methyl sites for hydroxylation is 4. The second kappa shape index (κ2) is 9.09. The first-order valence-corrected chi connectivity index (χ1v) is 15.6. The molecule has 38 heavy (non-hydrogen) atoms. The maximum absolute atomic E-state index is 6.47. The molecule has 0 radical (unpaired) electrons. The van der Waals surface area contributed by atoms with Gasteiger partial charge in [0.25, 0.3) is 0 Å². The van der Waals surface area contributed by atoms with Crippen LogP contribution in [0.2, 0.25) is 0 Å². The first kappa shape index (κ1) is 23.7. The molecule has 0 saturated carbocycles. The first-order chi connectivity index (χ1) is 18.5. The van der Waals surface area contributed by atoms with Crippen molar-refractivity contribution in [3.05, 3.63) is 119 Å². The lowest BCUT2D eigenvalue weighted by Gasteiger charge is -2.34. The molecule has 0 atom stereocenters. The van der Waals surface area contributed by atoms with Crippen LogP contribution in [0.5, 0.6) is 23.0 Å². The highest BCUT2D eigenvalue weighted by Gasteiger charge is 2.35. The van der Waals surface area contributed by atoms with Crippen molar-refractivity contribution in [3.8, 4) is 23.0 Å². The van der Waals surface area contributed by atoms with Gasteiger partial charge in [-0.1, -0.05) is 70.8 Å². The van der Waals surface area contributed by atoms with Crippen LogP contribution in [0.1, 0.15) is 22.3 Å². The Morgan fingerprint density at radius 2 is 0.658 bits per heavy atom. The molecule has 2 heterocycles. The molecule has 0 spiro atoms. The molecule has 4 heteroatoms. The average molecular weight is 531 g/mol. The lowest BCUT2D eigenvalue weighted by atomic mass is 10.2. The molecule has 186 valence electrons. The summed E-state index contributed by atoms with van der Waals surface area (Å²) in [5.74, 6) is 3.89. The van der Waals surface area contributed by atoms with Crippen LogP contribution >= 0.6 is 15.8 Å². The van der Waals surface area contributed by atoms with E-state index in [1.54, 1.807) is 0 Å². The Bertz CT molecular complexity index is 1510. The fourth-order valence-corrected chi connectivity index (χ4v) is 11.3. The summed E-state index contributed by atoms with van der Waals surface area (Å²) in [5, 5.41) is 7.98. The maximum Gasteiger partial charge on any atom is 0.135 e. The van der Waals surface area contributed by atoms with E-state index in [1.807, 2.05) is 0 Å². The van der Waals surface area contributed by atoms with E-state index in [0.29, 0.717) is 0 Å². The van der Waals surface area contributed by atoms with Crippen LogP contribution in [0, 0.1) is 27.7 Å². The van der Waals surface area contributed by atoms with E-state index in [-0.39, 0.29) is 0 Å². The van der Waals surface area contributed by atoms with Crippen molar-refractivity contribution < 1.29 is 9.47 Å². The predicted octanol–water partition coefficient (Wildman–Crippen LogP) is 6.65. The van der Waals surface area contributed by atoms with Crippen LogP contribution in [0.4, 0.5) is 0 Å². The normalized spacial score (nSPS) is 14.0. The molecule has 2 aliphatic rings. The van der Waals surface area contributed by atoms with Crippen molar-refractivity contribution in [1.29, 1.82) is 0 Å². The van der Waals surface area contributed by atoms with Crippen molar-refractivity contribution in [1.82, 2.24) is 0 Å². The molecular formula is C34H28O2P2. The number of hydrogen-bond acceptors (Lipinski definition) is 2. The van der Waals surface area contributed by atoms with Gasteiger partial charge in [-0.15, -0.1) is 0 Å². The van der Waals surface area contributed by atoms with Crippen molar-refractivity contribution in [2.24, 2.45) is 0 Å². The zero-order chi connectivity index (χ0) is 26.0. The molecular weight excluding hydrogens is 502 g/mol. The van der Waals surface area contributed by atoms with E-state index in [4.69, 9.17) is 9.47 Å². The molecule has 7 rings (SSSR count). The molecule has 0 amide bonds. The van der Waals surface area contributed by atoms with Crippen LogP contribution < -0.4 is 41.3 Å². The van der Waals surface area contributed by atoms with Crippen LogP contribution in [0.25, 0.3) is 0 Å². The van der Waals surface area contributed by atoms with Gasteiger partial charge in [-0.2, -0.15) is 0 Å². The average Bonchev–Trinajstić information content (AvgIpc) is 2.91. The SMILES string of the molecule is Cc1ccc2c(c1)P(c1ccccc1P1c3cc(C)ccc3Oc3ccc(C)cc31)c1cc(C)ccc1O2. The summed E-state index contributed by atoms with van der Waals surface area (Å²) in [6.07, 6.45) is 0. The molecule has 0 bridgehead atoms. The zero-order valence-electron chi connectivity index (χ0n) is 21.9. The third-order valence-electron chi connectivity index (χ3n) is 7.22. The molecule has 2 nitrogen and oxygen atoms in total. The molecule has 0 saturated heterocycles. The maximum atomic E-state index is 6.47. The van der Waals surface area contributed by atoms with E-state index >= 15 is 0 Å². The fourth-order valence-electron chi connectivity index (χ4n) is 5.41. The van der Waals surface area contributed by atoms with Gasteiger partial charge >= 0.3 is 0 Å². The van der Waals surface area contributed by atoms with Gasteiger partial charge < -0.3 is 9.47 Å². The zero-order valence-corrected chi connectivity index (χ0v) is 23.7. The molecule has 0 aliphatic carbocycles. The van der Waals surface area contributed by atoms with Gasteiger partial charge in [0, 0.05) is 21.2 Å². The highest BCUT2D eigenvalue weighted by atomic mass is 31.1. The number of fused-ring (bicyclic) bond motifs is 4. The van der Waals surface area contributed by atoms with Crippen molar-refractivity contribution >= 4 is 47.7 Å². The smallest absolute Gasteiger partial charge is 0.135 e. The number of hydrogen-bond donors (Lipinski definition) is 0. The molecule has 5 aromatic carbocycles. The number of rotatable bonds is 2. The van der Waals surface area contributed by atoms with E-state index in [0.717, 1.165) is 23.0 Å². The molecule has 0 N–H and O–H groups in total. The van der Waals surface area contributed by atoms with Crippen LogP contribution in [-0.4, -0.2) is 0 Å². The van der Waals surface area contributed by atoms with Crippen molar-refractivity contribution in [2.45, 2.75) is 27.7 Å². The minimum Gasteiger partial charge on any atom is -0.456 e. The van der Waals surface area contributed by atoms with E-state index in [1.165, 1.54) is 54.1 Å². The highest BCUT2D eigenvalue weighted by Crippen LogP contribution is 2.49.